The topological polar surface area (TPSA) is 64.3 Å². The molecule has 0 aliphatic heterocycles. The largest absolute Gasteiger partial charge is 0.385 e. The van der Waals surface area contributed by atoms with Gasteiger partial charge in [0.05, 0.1) is 0 Å². The minimum absolute atomic E-state index is 0.134. The van der Waals surface area contributed by atoms with E-state index in [0.29, 0.717) is 25.5 Å². The molecule has 0 aromatic rings. The van der Waals surface area contributed by atoms with Crippen LogP contribution in [0.1, 0.15) is 53.4 Å². The fraction of sp³-hybridized carbons (Fsp3) is 0.933. The summed E-state index contributed by atoms with van der Waals surface area (Å²) in [6, 6.07) is 0.176. The summed E-state index contributed by atoms with van der Waals surface area (Å²) in [6.07, 6.45) is 3.33. The van der Waals surface area contributed by atoms with Crippen molar-refractivity contribution < 1.29 is 9.53 Å². The summed E-state index contributed by atoms with van der Waals surface area (Å²) in [7, 11) is 1.68. The van der Waals surface area contributed by atoms with Crippen LogP contribution >= 0.6 is 0 Å². The van der Waals surface area contributed by atoms with Crippen LogP contribution in [-0.2, 0) is 9.53 Å². The van der Waals surface area contributed by atoms with Gasteiger partial charge in [0.15, 0.2) is 0 Å². The number of methoxy groups -OCH3 is 1. The van der Waals surface area contributed by atoms with Gasteiger partial charge >= 0.3 is 0 Å². The van der Waals surface area contributed by atoms with Gasteiger partial charge in [-0.25, -0.2) is 0 Å². The maximum absolute atomic E-state index is 11.9. The Morgan fingerprint density at radius 1 is 1.26 bits per heavy atom. The Bertz CT molecular complexity index is 249. The quantitative estimate of drug-likeness (QED) is 0.677. The van der Waals surface area contributed by atoms with E-state index in [1.165, 1.54) is 0 Å². The standard InChI is InChI=1S/C15H32N2O2/c1-12(9-11-19-5)17-14(18)7-6-13(8-10-16)15(2,3)4/h12-13H,6-11,16H2,1-5H3,(H,17,18). The van der Waals surface area contributed by atoms with E-state index < -0.39 is 0 Å². The Labute approximate surface area is 118 Å². The highest BCUT2D eigenvalue weighted by molar-refractivity contribution is 5.76. The molecule has 0 spiro atoms. The van der Waals surface area contributed by atoms with Crippen molar-refractivity contribution in [2.45, 2.75) is 59.4 Å². The zero-order chi connectivity index (χ0) is 14.9. The number of rotatable bonds is 9. The number of nitrogens with one attached hydrogen (secondary N) is 1. The van der Waals surface area contributed by atoms with Crippen LogP contribution in [0.5, 0.6) is 0 Å². The summed E-state index contributed by atoms with van der Waals surface area (Å²) in [4.78, 5) is 11.9. The van der Waals surface area contributed by atoms with E-state index in [4.69, 9.17) is 10.5 Å². The highest BCUT2D eigenvalue weighted by Gasteiger charge is 2.24. The molecule has 0 aliphatic carbocycles. The normalized spacial score (nSPS) is 15.1. The highest BCUT2D eigenvalue weighted by atomic mass is 16.5. The second-order valence-electron chi connectivity index (χ2n) is 6.43. The van der Waals surface area contributed by atoms with Crippen molar-refractivity contribution in [3.63, 3.8) is 0 Å². The van der Waals surface area contributed by atoms with E-state index in [1.807, 2.05) is 6.92 Å². The molecule has 0 saturated heterocycles. The van der Waals surface area contributed by atoms with E-state index in [2.05, 4.69) is 26.1 Å². The maximum atomic E-state index is 11.9. The van der Waals surface area contributed by atoms with Gasteiger partial charge < -0.3 is 15.8 Å². The van der Waals surface area contributed by atoms with E-state index in [0.717, 1.165) is 19.3 Å². The molecular weight excluding hydrogens is 240 g/mol. The number of carbonyl (C=O) groups is 1. The molecule has 0 fully saturated rings. The monoisotopic (exact) mass is 272 g/mol. The molecule has 4 nitrogen and oxygen atoms in total. The fourth-order valence-electron chi connectivity index (χ4n) is 2.23. The Morgan fingerprint density at radius 3 is 2.37 bits per heavy atom. The molecule has 1 amide bonds. The van der Waals surface area contributed by atoms with Crippen LogP contribution in [0.25, 0.3) is 0 Å². The zero-order valence-corrected chi connectivity index (χ0v) is 13.3. The first-order valence-electron chi connectivity index (χ1n) is 7.29. The second-order valence-corrected chi connectivity index (χ2v) is 6.43. The SMILES string of the molecule is COCCC(C)NC(=O)CCC(CCN)C(C)(C)C. The lowest BCUT2D eigenvalue weighted by Crippen LogP contribution is -2.34. The summed E-state index contributed by atoms with van der Waals surface area (Å²) < 4.78 is 5.00. The Morgan fingerprint density at radius 2 is 1.89 bits per heavy atom. The molecular formula is C15H32N2O2. The first-order valence-corrected chi connectivity index (χ1v) is 7.29. The molecule has 0 saturated carbocycles. The van der Waals surface area contributed by atoms with Crippen molar-refractivity contribution in [2.24, 2.45) is 17.1 Å². The number of amides is 1. The van der Waals surface area contributed by atoms with Crippen molar-refractivity contribution in [1.82, 2.24) is 5.32 Å². The van der Waals surface area contributed by atoms with Crippen molar-refractivity contribution >= 4 is 5.91 Å². The van der Waals surface area contributed by atoms with Gasteiger partial charge in [0, 0.05) is 26.2 Å². The van der Waals surface area contributed by atoms with Gasteiger partial charge in [-0.3, -0.25) is 4.79 Å². The van der Waals surface area contributed by atoms with Gasteiger partial charge in [0.1, 0.15) is 0 Å². The molecule has 2 atom stereocenters. The Balaban J connectivity index is 4.04. The van der Waals surface area contributed by atoms with Crippen molar-refractivity contribution in [3.8, 4) is 0 Å². The third-order valence-corrected chi connectivity index (χ3v) is 3.62. The summed E-state index contributed by atoms with van der Waals surface area (Å²) in [6.45, 7) is 10.0. The smallest absolute Gasteiger partial charge is 0.220 e. The average molecular weight is 272 g/mol. The molecule has 0 aliphatic rings. The van der Waals surface area contributed by atoms with Crippen LogP contribution in [0.15, 0.2) is 0 Å². The number of hydrogen-bond acceptors (Lipinski definition) is 3. The van der Waals surface area contributed by atoms with Crippen molar-refractivity contribution in [3.05, 3.63) is 0 Å². The van der Waals surface area contributed by atoms with E-state index in [-0.39, 0.29) is 17.4 Å². The van der Waals surface area contributed by atoms with Crippen LogP contribution in [-0.4, -0.2) is 32.2 Å². The van der Waals surface area contributed by atoms with E-state index in [1.54, 1.807) is 7.11 Å². The van der Waals surface area contributed by atoms with E-state index >= 15 is 0 Å². The predicted molar refractivity (Wildman–Crippen MR) is 79.9 cm³/mol. The molecule has 0 radical (unpaired) electrons. The third-order valence-electron chi connectivity index (χ3n) is 3.62. The van der Waals surface area contributed by atoms with Crippen molar-refractivity contribution in [2.75, 3.05) is 20.3 Å². The van der Waals surface area contributed by atoms with Crippen LogP contribution in [0.3, 0.4) is 0 Å². The van der Waals surface area contributed by atoms with Gasteiger partial charge in [-0.05, 0) is 44.1 Å². The van der Waals surface area contributed by atoms with Crippen LogP contribution in [0, 0.1) is 11.3 Å². The number of hydrogen-bond donors (Lipinski definition) is 2. The van der Waals surface area contributed by atoms with Gasteiger partial charge in [0.25, 0.3) is 0 Å². The first-order chi connectivity index (χ1) is 8.81. The predicted octanol–water partition coefficient (Wildman–Crippen LogP) is 2.32. The summed E-state index contributed by atoms with van der Waals surface area (Å²) >= 11 is 0. The fourth-order valence-corrected chi connectivity index (χ4v) is 2.23. The van der Waals surface area contributed by atoms with Gasteiger partial charge in [0.2, 0.25) is 5.91 Å². The van der Waals surface area contributed by atoms with E-state index in [9.17, 15) is 4.79 Å². The second kappa shape index (κ2) is 9.32. The molecule has 2 unspecified atom stereocenters. The lowest BCUT2D eigenvalue weighted by molar-refractivity contribution is -0.122. The zero-order valence-electron chi connectivity index (χ0n) is 13.3. The molecule has 0 aromatic carbocycles. The van der Waals surface area contributed by atoms with Gasteiger partial charge in [-0.1, -0.05) is 20.8 Å². The Kier molecular flexibility index (Phi) is 9.02. The molecule has 0 rings (SSSR count). The molecule has 4 heteroatoms. The number of carbonyl (C=O) groups excluding carboxylic acids is 1. The van der Waals surface area contributed by atoms with Crippen LogP contribution < -0.4 is 11.1 Å². The van der Waals surface area contributed by atoms with Gasteiger partial charge in [-0.15, -0.1) is 0 Å². The minimum atomic E-state index is 0.134. The maximum Gasteiger partial charge on any atom is 0.220 e. The lowest BCUT2D eigenvalue weighted by Gasteiger charge is -2.30. The molecule has 0 heterocycles. The third kappa shape index (κ3) is 9.00. The Hall–Kier alpha value is -0.610. The molecule has 19 heavy (non-hydrogen) atoms. The average Bonchev–Trinajstić information content (AvgIpc) is 2.30. The molecule has 114 valence electrons. The summed E-state index contributed by atoms with van der Waals surface area (Å²) in [5.41, 5.74) is 5.86. The van der Waals surface area contributed by atoms with Crippen LogP contribution in [0.2, 0.25) is 0 Å². The summed E-state index contributed by atoms with van der Waals surface area (Å²) in [5, 5.41) is 3.01. The highest BCUT2D eigenvalue weighted by Crippen LogP contribution is 2.31. The molecule has 0 aromatic heterocycles. The first kappa shape index (κ1) is 18.4. The summed E-state index contributed by atoms with van der Waals surface area (Å²) in [5.74, 6) is 0.632. The molecule has 3 N–H and O–H groups in total. The number of nitrogens with two attached hydrogens (primary N) is 1. The van der Waals surface area contributed by atoms with Crippen LogP contribution in [0.4, 0.5) is 0 Å². The van der Waals surface area contributed by atoms with Gasteiger partial charge in [-0.2, -0.15) is 0 Å². The number of ether oxygens (including phenoxy) is 1. The minimum Gasteiger partial charge on any atom is -0.385 e. The van der Waals surface area contributed by atoms with Crippen molar-refractivity contribution in [1.29, 1.82) is 0 Å². The molecule has 0 bridgehead atoms. The lowest BCUT2D eigenvalue weighted by atomic mass is 9.76.